The van der Waals surface area contributed by atoms with E-state index in [-0.39, 0.29) is 10.8 Å². The molecule has 0 radical (unpaired) electrons. The lowest BCUT2D eigenvalue weighted by Crippen LogP contribution is -2.43. The van der Waals surface area contributed by atoms with E-state index in [1.54, 1.807) is 0 Å². The summed E-state index contributed by atoms with van der Waals surface area (Å²) in [5, 5.41) is 5.01. The van der Waals surface area contributed by atoms with E-state index in [2.05, 4.69) is 154 Å². The third kappa shape index (κ3) is 4.72. The quantitative estimate of drug-likeness (QED) is 0.186. The average molecular weight is 683 g/mol. The fraction of sp³-hybridized carbons (Fsp3) is 0.122. The van der Waals surface area contributed by atoms with E-state index in [1.807, 2.05) is 36.4 Å². The van der Waals surface area contributed by atoms with E-state index in [9.17, 15) is 0 Å². The van der Waals surface area contributed by atoms with Crippen LogP contribution >= 0.6 is 0 Å². The summed E-state index contributed by atoms with van der Waals surface area (Å²) < 4.78 is 2.42. The molecule has 0 N–H and O–H groups in total. The minimum Gasteiger partial charge on any atom is -0.308 e. The molecule has 4 nitrogen and oxygen atoms in total. The normalized spacial score (nSPS) is 14.3. The Morgan fingerprint density at radius 1 is 0.396 bits per heavy atom. The number of hydrogen-bond donors (Lipinski definition) is 0. The molecule has 0 amide bonds. The van der Waals surface area contributed by atoms with Crippen LogP contribution in [0.1, 0.15) is 38.8 Å². The van der Waals surface area contributed by atoms with Crippen molar-refractivity contribution in [2.75, 3.05) is 0 Å². The Bertz CT molecular complexity index is 2820. The van der Waals surface area contributed by atoms with Crippen molar-refractivity contribution < 1.29 is 0 Å². The first kappa shape index (κ1) is 31.4. The summed E-state index contributed by atoms with van der Waals surface area (Å²) in [7, 11) is 0. The number of nitrogens with zero attached hydrogens (tertiary/aromatic N) is 4. The SMILES string of the molecule is CC1(C)c2cc3ccccc3cc2-c2cc3c4ccccc4n(-c4ccccc4-c4nc(-c5ccccc5)nc(-c5ccccc5)n4)c3cc2C1(C)C. The Hall–Kier alpha value is -6.39. The van der Waals surface area contributed by atoms with E-state index in [4.69, 9.17) is 15.0 Å². The minimum atomic E-state index is -0.157. The molecule has 4 heteroatoms. The molecule has 0 saturated heterocycles. The number of rotatable bonds is 4. The van der Waals surface area contributed by atoms with Crippen molar-refractivity contribution in [3.63, 3.8) is 0 Å². The lowest BCUT2D eigenvalue weighted by Gasteiger charge is -2.48. The number of hydrogen-bond acceptors (Lipinski definition) is 3. The van der Waals surface area contributed by atoms with E-state index in [0.29, 0.717) is 17.5 Å². The summed E-state index contributed by atoms with van der Waals surface area (Å²) in [5.41, 5.74) is 11.3. The molecule has 53 heavy (non-hydrogen) atoms. The Labute approximate surface area is 309 Å². The van der Waals surface area contributed by atoms with Gasteiger partial charge in [-0.05, 0) is 86.3 Å². The summed E-state index contributed by atoms with van der Waals surface area (Å²) >= 11 is 0. The molecule has 254 valence electrons. The van der Waals surface area contributed by atoms with Crippen LogP contribution < -0.4 is 0 Å². The van der Waals surface area contributed by atoms with Gasteiger partial charge in [-0.25, -0.2) is 15.0 Å². The van der Waals surface area contributed by atoms with Crippen molar-refractivity contribution in [2.45, 2.75) is 38.5 Å². The minimum absolute atomic E-state index is 0.117. The van der Waals surface area contributed by atoms with E-state index >= 15 is 0 Å². The fourth-order valence-electron chi connectivity index (χ4n) is 8.45. The van der Waals surface area contributed by atoms with Crippen molar-refractivity contribution >= 4 is 32.6 Å². The smallest absolute Gasteiger partial charge is 0.166 e. The summed E-state index contributed by atoms with van der Waals surface area (Å²) in [6.45, 7) is 9.65. The van der Waals surface area contributed by atoms with E-state index in [1.165, 1.54) is 49.3 Å². The van der Waals surface area contributed by atoms with Gasteiger partial charge >= 0.3 is 0 Å². The van der Waals surface area contributed by atoms with Gasteiger partial charge in [-0.1, -0.05) is 143 Å². The third-order valence-corrected chi connectivity index (χ3v) is 12.0. The van der Waals surface area contributed by atoms with Gasteiger partial charge in [-0.15, -0.1) is 0 Å². The van der Waals surface area contributed by atoms with Crippen molar-refractivity contribution in [3.05, 3.63) is 169 Å². The molecular formula is C49H38N4. The van der Waals surface area contributed by atoms with Crippen molar-refractivity contribution in [3.8, 4) is 51.0 Å². The van der Waals surface area contributed by atoms with Gasteiger partial charge in [-0.3, -0.25) is 0 Å². The zero-order valence-corrected chi connectivity index (χ0v) is 30.3. The van der Waals surface area contributed by atoms with Crippen LogP contribution in [-0.4, -0.2) is 19.5 Å². The second kappa shape index (κ2) is 11.6. The predicted molar refractivity (Wildman–Crippen MR) is 219 cm³/mol. The molecule has 0 saturated carbocycles. The monoisotopic (exact) mass is 682 g/mol. The van der Waals surface area contributed by atoms with Crippen LogP contribution in [0.25, 0.3) is 83.6 Å². The first-order valence-electron chi connectivity index (χ1n) is 18.4. The van der Waals surface area contributed by atoms with Crippen LogP contribution in [0.15, 0.2) is 158 Å². The molecule has 1 aliphatic carbocycles. The summed E-state index contributed by atoms with van der Waals surface area (Å²) in [6, 6.07) is 56.2. The van der Waals surface area contributed by atoms with Gasteiger partial charge in [0.25, 0.3) is 0 Å². The molecule has 0 aliphatic heterocycles. The maximum atomic E-state index is 5.16. The Morgan fingerprint density at radius 2 is 0.906 bits per heavy atom. The summed E-state index contributed by atoms with van der Waals surface area (Å²) in [4.78, 5) is 15.3. The van der Waals surface area contributed by atoms with Gasteiger partial charge in [0.1, 0.15) is 0 Å². The first-order chi connectivity index (χ1) is 25.8. The highest BCUT2D eigenvalue weighted by Crippen LogP contribution is 2.56. The van der Waals surface area contributed by atoms with Crippen LogP contribution in [-0.2, 0) is 10.8 Å². The number of aromatic nitrogens is 4. The molecule has 2 aromatic heterocycles. The summed E-state index contributed by atoms with van der Waals surface area (Å²) in [5.74, 6) is 1.94. The zero-order valence-electron chi connectivity index (χ0n) is 30.3. The molecule has 0 spiro atoms. The third-order valence-electron chi connectivity index (χ3n) is 12.0. The van der Waals surface area contributed by atoms with Crippen molar-refractivity contribution in [2.24, 2.45) is 0 Å². The van der Waals surface area contributed by atoms with Crippen LogP contribution in [0.4, 0.5) is 0 Å². The van der Waals surface area contributed by atoms with Gasteiger partial charge in [0.2, 0.25) is 0 Å². The number of benzene rings is 7. The molecule has 1 aliphatic rings. The molecule has 0 unspecified atom stereocenters. The van der Waals surface area contributed by atoms with Crippen LogP contribution in [0.2, 0.25) is 0 Å². The lowest BCUT2D eigenvalue weighted by atomic mass is 9.55. The lowest BCUT2D eigenvalue weighted by molar-refractivity contribution is 0.299. The highest BCUT2D eigenvalue weighted by molar-refractivity contribution is 6.12. The molecule has 0 atom stereocenters. The molecule has 0 fully saturated rings. The van der Waals surface area contributed by atoms with Gasteiger partial charge < -0.3 is 4.57 Å². The maximum Gasteiger partial charge on any atom is 0.166 e. The molecule has 9 aromatic rings. The molecule has 2 heterocycles. The Kier molecular flexibility index (Phi) is 6.84. The fourth-order valence-corrected chi connectivity index (χ4v) is 8.45. The molecule has 10 rings (SSSR count). The Morgan fingerprint density at radius 3 is 1.58 bits per heavy atom. The topological polar surface area (TPSA) is 43.6 Å². The first-order valence-corrected chi connectivity index (χ1v) is 18.4. The van der Waals surface area contributed by atoms with Crippen LogP contribution in [0, 0.1) is 0 Å². The average Bonchev–Trinajstić information content (AvgIpc) is 3.53. The van der Waals surface area contributed by atoms with Crippen LogP contribution in [0.3, 0.4) is 0 Å². The molecule has 0 bridgehead atoms. The second-order valence-corrected chi connectivity index (χ2v) is 15.3. The molecule has 7 aromatic carbocycles. The highest BCUT2D eigenvalue weighted by atomic mass is 15.1. The van der Waals surface area contributed by atoms with Gasteiger partial charge in [-0.2, -0.15) is 0 Å². The van der Waals surface area contributed by atoms with Gasteiger partial charge in [0.05, 0.1) is 16.7 Å². The maximum absolute atomic E-state index is 5.16. The van der Waals surface area contributed by atoms with Gasteiger partial charge in [0, 0.05) is 27.5 Å². The standard InChI is InChI=1S/C49H38N4/c1-48(2)40-28-34-22-12-11-21-33(34)27-37(40)38-29-39-35-23-13-15-25-42(35)53(44(39)30-41(38)49(48,3)4)43-26-16-14-24-36(43)47-51-45(31-17-7-5-8-18-31)50-46(52-47)32-19-9-6-10-20-32/h5-30H,1-4H3. The van der Waals surface area contributed by atoms with Crippen LogP contribution in [0.5, 0.6) is 0 Å². The summed E-state index contributed by atoms with van der Waals surface area (Å²) in [6.07, 6.45) is 0. The Balaban J connectivity index is 1.26. The number of fused-ring (bicyclic) bond motifs is 7. The second-order valence-electron chi connectivity index (χ2n) is 15.3. The molecular weight excluding hydrogens is 645 g/mol. The predicted octanol–water partition coefficient (Wildman–Crippen LogP) is 12.4. The number of para-hydroxylation sites is 2. The largest absolute Gasteiger partial charge is 0.308 e. The highest BCUT2D eigenvalue weighted by Gasteiger charge is 2.46. The van der Waals surface area contributed by atoms with Crippen molar-refractivity contribution in [1.82, 2.24) is 19.5 Å². The van der Waals surface area contributed by atoms with Gasteiger partial charge in [0.15, 0.2) is 17.5 Å². The van der Waals surface area contributed by atoms with Crippen molar-refractivity contribution in [1.29, 1.82) is 0 Å². The zero-order chi connectivity index (χ0) is 35.9. The van der Waals surface area contributed by atoms with E-state index in [0.717, 1.165) is 27.9 Å². The van der Waals surface area contributed by atoms with E-state index < -0.39 is 0 Å².